The molecule has 0 radical (unpaired) electrons. The molecule has 0 spiro atoms. The Bertz CT molecular complexity index is 579. The highest BCUT2D eigenvalue weighted by Gasteiger charge is 2.28. The minimum absolute atomic E-state index is 0.0369. The van der Waals surface area contributed by atoms with E-state index >= 15 is 0 Å². The Hall–Kier alpha value is -1.40. The molecule has 0 bridgehead atoms. The number of nitrogens with one attached hydrogen (secondary N) is 1. The first-order valence-corrected chi connectivity index (χ1v) is 7.93. The summed E-state index contributed by atoms with van der Waals surface area (Å²) in [5.41, 5.74) is -0.536. The third-order valence-electron chi connectivity index (χ3n) is 2.87. The van der Waals surface area contributed by atoms with Crippen molar-refractivity contribution >= 4 is 16.0 Å². The number of ether oxygens (including phenoxy) is 1. The molecule has 0 unspecified atom stereocenters. The molecule has 0 aliphatic heterocycles. The number of methoxy groups -OCH3 is 1. The van der Waals surface area contributed by atoms with Crippen LogP contribution in [0.5, 0.6) is 0 Å². The second-order valence-electron chi connectivity index (χ2n) is 5.23. The van der Waals surface area contributed by atoms with E-state index in [4.69, 9.17) is 0 Å². The van der Waals surface area contributed by atoms with Crippen LogP contribution in [0.4, 0.5) is 0 Å². The summed E-state index contributed by atoms with van der Waals surface area (Å²) >= 11 is 0. The molecule has 0 fully saturated rings. The molecule has 0 aliphatic carbocycles. The van der Waals surface area contributed by atoms with Gasteiger partial charge in [0.2, 0.25) is 10.0 Å². The molecule has 1 aromatic rings. The minimum Gasteiger partial charge on any atom is -0.465 e. The fourth-order valence-corrected chi connectivity index (χ4v) is 3.71. The van der Waals surface area contributed by atoms with Gasteiger partial charge in [0, 0.05) is 5.54 Å². The molecule has 0 saturated carbocycles. The van der Waals surface area contributed by atoms with Crippen LogP contribution >= 0.6 is 0 Å². The van der Waals surface area contributed by atoms with Gasteiger partial charge in [0.25, 0.3) is 0 Å². The van der Waals surface area contributed by atoms with Gasteiger partial charge in [0.15, 0.2) is 0 Å². The standard InChI is InChI=1S/C14H21NO4S/c1-5-10-14(2,3)15-20(17,18)12-9-7-6-8-11(12)13(16)19-4/h6-9,15H,5,10H2,1-4H3. The van der Waals surface area contributed by atoms with Crippen molar-refractivity contribution in [1.82, 2.24) is 4.72 Å². The van der Waals surface area contributed by atoms with Gasteiger partial charge in [-0.15, -0.1) is 0 Å². The number of carbonyl (C=O) groups excluding carboxylic acids is 1. The molecule has 6 heteroatoms. The van der Waals surface area contributed by atoms with Gasteiger partial charge in [0.1, 0.15) is 0 Å². The van der Waals surface area contributed by atoms with Crippen LogP contribution in [0.25, 0.3) is 0 Å². The third-order valence-corrected chi connectivity index (χ3v) is 4.62. The Morgan fingerprint density at radius 2 is 1.90 bits per heavy atom. The van der Waals surface area contributed by atoms with E-state index in [1.165, 1.54) is 19.2 Å². The van der Waals surface area contributed by atoms with Crippen molar-refractivity contribution in [2.75, 3.05) is 7.11 Å². The second kappa shape index (κ2) is 6.37. The van der Waals surface area contributed by atoms with Crippen LogP contribution in [-0.2, 0) is 14.8 Å². The quantitative estimate of drug-likeness (QED) is 0.818. The Labute approximate surface area is 120 Å². The van der Waals surface area contributed by atoms with E-state index in [9.17, 15) is 13.2 Å². The first-order valence-electron chi connectivity index (χ1n) is 6.45. The number of hydrogen-bond donors (Lipinski definition) is 1. The van der Waals surface area contributed by atoms with E-state index in [1.807, 2.05) is 20.8 Å². The summed E-state index contributed by atoms with van der Waals surface area (Å²) in [4.78, 5) is 11.6. The highest BCUT2D eigenvalue weighted by atomic mass is 32.2. The average Bonchev–Trinajstić information content (AvgIpc) is 2.36. The summed E-state index contributed by atoms with van der Waals surface area (Å²) in [6, 6.07) is 6.01. The summed E-state index contributed by atoms with van der Waals surface area (Å²) in [5.74, 6) is -0.667. The zero-order valence-electron chi connectivity index (χ0n) is 12.3. The van der Waals surface area contributed by atoms with E-state index in [0.29, 0.717) is 6.42 Å². The first-order chi connectivity index (χ1) is 9.23. The number of sulfonamides is 1. The molecule has 1 rings (SSSR count). The monoisotopic (exact) mass is 299 g/mol. The van der Waals surface area contributed by atoms with E-state index in [-0.39, 0.29) is 10.5 Å². The van der Waals surface area contributed by atoms with Gasteiger partial charge in [-0.05, 0) is 32.4 Å². The van der Waals surface area contributed by atoms with Crippen molar-refractivity contribution in [3.05, 3.63) is 29.8 Å². The maximum absolute atomic E-state index is 12.4. The third kappa shape index (κ3) is 4.05. The van der Waals surface area contributed by atoms with Crippen molar-refractivity contribution < 1.29 is 17.9 Å². The Morgan fingerprint density at radius 1 is 1.30 bits per heavy atom. The summed E-state index contributed by atoms with van der Waals surface area (Å²) in [7, 11) is -2.55. The minimum atomic E-state index is -3.78. The van der Waals surface area contributed by atoms with Crippen LogP contribution < -0.4 is 4.72 Å². The summed E-state index contributed by atoms with van der Waals surface area (Å²) < 4.78 is 32.1. The second-order valence-corrected chi connectivity index (χ2v) is 6.88. The molecule has 0 saturated heterocycles. The van der Waals surface area contributed by atoms with Crippen LogP contribution in [0.15, 0.2) is 29.2 Å². The SMILES string of the molecule is CCCC(C)(C)NS(=O)(=O)c1ccccc1C(=O)OC. The lowest BCUT2D eigenvalue weighted by Gasteiger charge is -2.25. The molecule has 20 heavy (non-hydrogen) atoms. The van der Waals surface area contributed by atoms with E-state index in [0.717, 1.165) is 6.42 Å². The van der Waals surface area contributed by atoms with Crippen LogP contribution in [0, 0.1) is 0 Å². The van der Waals surface area contributed by atoms with Gasteiger partial charge in [-0.25, -0.2) is 17.9 Å². The number of hydrogen-bond acceptors (Lipinski definition) is 4. The molecule has 0 aliphatic rings. The number of benzene rings is 1. The highest BCUT2D eigenvalue weighted by molar-refractivity contribution is 7.89. The largest absolute Gasteiger partial charge is 0.465 e. The molecule has 1 N–H and O–H groups in total. The highest BCUT2D eigenvalue weighted by Crippen LogP contribution is 2.20. The lowest BCUT2D eigenvalue weighted by molar-refractivity contribution is 0.0596. The van der Waals surface area contributed by atoms with Gasteiger partial charge in [-0.3, -0.25) is 0 Å². The lowest BCUT2D eigenvalue weighted by Crippen LogP contribution is -2.43. The smallest absolute Gasteiger partial charge is 0.339 e. The Balaban J connectivity index is 3.20. The van der Waals surface area contributed by atoms with Crippen LogP contribution in [0.3, 0.4) is 0 Å². The van der Waals surface area contributed by atoms with Crippen molar-refractivity contribution in [3.8, 4) is 0 Å². The molecule has 0 aromatic heterocycles. The van der Waals surface area contributed by atoms with Crippen molar-refractivity contribution in [2.45, 2.75) is 44.0 Å². The fourth-order valence-electron chi connectivity index (χ4n) is 2.07. The van der Waals surface area contributed by atoms with Crippen molar-refractivity contribution in [2.24, 2.45) is 0 Å². The van der Waals surface area contributed by atoms with E-state index in [2.05, 4.69) is 9.46 Å². The number of carbonyl (C=O) groups is 1. The Kier molecular flexibility index (Phi) is 5.30. The van der Waals surface area contributed by atoms with Crippen molar-refractivity contribution in [3.63, 3.8) is 0 Å². The van der Waals surface area contributed by atoms with Gasteiger partial charge in [-0.1, -0.05) is 25.5 Å². The van der Waals surface area contributed by atoms with E-state index in [1.54, 1.807) is 12.1 Å². The molecular formula is C14H21NO4S. The normalized spacial score (nSPS) is 12.2. The van der Waals surface area contributed by atoms with Gasteiger partial charge >= 0.3 is 5.97 Å². The number of esters is 1. The molecule has 112 valence electrons. The average molecular weight is 299 g/mol. The van der Waals surface area contributed by atoms with Crippen LogP contribution in [0.1, 0.15) is 44.0 Å². The fraction of sp³-hybridized carbons (Fsp3) is 0.500. The molecule has 1 aromatic carbocycles. The van der Waals surface area contributed by atoms with E-state index < -0.39 is 21.5 Å². The van der Waals surface area contributed by atoms with Crippen LogP contribution in [0.2, 0.25) is 0 Å². The summed E-state index contributed by atoms with van der Waals surface area (Å²) in [5, 5.41) is 0. The van der Waals surface area contributed by atoms with Gasteiger partial charge < -0.3 is 4.74 Å². The molecule has 5 nitrogen and oxygen atoms in total. The molecule has 0 heterocycles. The summed E-state index contributed by atoms with van der Waals surface area (Å²) in [6.45, 7) is 5.61. The summed E-state index contributed by atoms with van der Waals surface area (Å²) in [6.07, 6.45) is 1.56. The Morgan fingerprint density at radius 3 is 2.45 bits per heavy atom. The van der Waals surface area contributed by atoms with Crippen LogP contribution in [-0.4, -0.2) is 27.0 Å². The predicted octanol–water partition coefficient (Wildman–Crippen LogP) is 2.33. The topological polar surface area (TPSA) is 72.5 Å². The number of rotatable bonds is 6. The maximum Gasteiger partial charge on any atom is 0.339 e. The van der Waals surface area contributed by atoms with Gasteiger partial charge in [0.05, 0.1) is 17.6 Å². The van der Waals surface area contributed by atoms with Crippen molar-refractivity contribution in [1.29, 1.82) is 0 Å². The molecule has 0 amide bonds. The maximum atomic E-state index is 12.4. The zero-order valence-corrected chi connectivity index (χ0v) is 13.1. The predicted molar refractivity (Wildman–Crippen MR) is 77.1 cm³/mol. The van der Waals surface area contributed by atoms with Gasteiger partial charge in [-0.2, -0.15) is 0 Å². The molecular weight excluding hydrogens is 278 g/mol. The lowest BCUT2D eigenvalue weighted by atomic mass is 10.0. The first kappa shape index (κ1) is 16.7. The molecule has 0 atom stereocenters. The zero-order chi connectivity index (χ0) is 15.4.